The molecule has 2 N–H and O–H groups in total. The molecule has 124 valence electrons. The lowest BCUT2D eigenvalue weighted by atomic mass is 10.2. The first-order valence-electron chi connectivity index (χ1n) is 6.99. The summed E-state index contributed by atoms with van der Waals surface area (Å²) < 4.78 is 0.767. The number of hydrogen-bond donors (Lipinski definition) is 2. The summed E-state index contributed by atoms with van der Waals surface area (Å²) in [7, 11) is 0. The molecule has 0 aliphatic carbocycles. The maximum atomic E-state index is 11.9. The Labute approximate surface area is 153 Å². The topological polar surface area (TPSA) is 66.9 Å². The van der Waals surface area contributed by atoms with Gasteiger partial charge in [0.1, 0.15) is 0 Å². The standard InChI is InChI=1S/C14H16Cl2N4OS2/c1-2-5-17-13-19-20-14(23-13)22-8-12(21)18-7-9-3-4-10(15)6-11(9)16/h3-4,6H,2,5,7-8H2,1H3,(H,17,19)(H,18,21). The summed E-state index contributed by atoms with van der Waals surface area (Å²) in [4.78, 5) is 11.9. The maximum absolute atomic E-state index is 11.9. The molecule has 0 atom stereocenters. The zero-order valence-electron chi connectivity index (χ0n) is 12.4. The van der Waals surface area contributed by atoms with E-state index in [4.69, 9.17) is 23.2 Å². The van der Waals surface area contributed by atoms with Gasteiger partial charge in [0.05, 0.1) is 5.75 Å². The quantitative estimate of drug-likeness (QED) is 0.664. The van der Waals surface area contributed by atoms with Crippen molar-refractivity contribution >= 4 is 57.3 Å². The van der Waals surface area contributed by atoms with Crippen molar-refractivity contribution in [1.29, 1.82) is 0 Å². The number of carbonyl (C=O) groups excluding carboxylic acids is 1. The van der Waals surface area contributed by atoms with Crippen LogP contribution in [0.3, 0.4) is 0 Å². The van der Waals surface area contributed by atoms with E-state index in [1.54, 1.807) is 18.2 Å². The van der Waals surface area contributed by atoms with E-state index >= 15 is 0 Å². The molecule has 5 nitrogen and oxygen atoms in total. The fraction of sp³-hybridized carbons (Fsp3) is 0.357. The van der Waals surface area contributed by atoms with E-state index in [1.807, 2.05) is 0 Å². The minimum Gasteiger partial charge on any atom is -0.360 e. The van der Waals surface area contributed by atoms with Crippen molar-refractivity contribution < 1.29 is 4.79 Å². The van der Waals surface area contributed by atoms with Crippen molar-refractivity contribution in [3.63, 3.8) is 0 Å². The van der Waals surface area contributed by atoms with Gasteiger partial charge in [-0.2, -0.15) is 0 Å². The van der Waals surface area contributed by atoms with E-state index in [0.717, 1.165) is 28.0 Å². The summed E-state index contributed by atoms with van der Waals surface area (Å²) >= 11 is 14.7. The number of benzene rings is 1. The average Bonchev–Trinajstić information content (AvgIpc) is 2.98. The molecule has 0 spiro atoms. The maximum Gasteiger partial charge on any atom is 0.230 e. The summed E-state index contributed by atoms with van der Waals surface area (Å²) in [6, 6.07) is 5.20. The fourth-order valence-electron chi connectivity index (χ4n) is 1.61. The molecule has 9 heteroatoms. The first-order chi connectivity index (χ1) is 11.1. The van der Waals surface area contributed by atoms with Gasteiger partial charge in [-0.05, 0) is 24.1 Å². The van der Waals surface area contributed by atoms with Crippen LogP contribution in [-0.2, 0) is 11.3 Å². The molecule has 0 saturated carbocycles. The Hall–Kier alpha value is -1.02. The van der Waals surface area contributed by atoms with E-state index in [2.05, 4.69) is 27.8 Å². The van der Waals surface area contributed by atoms with Crippen LogP contribution in [0.2, 0.25) is 10.0 Å². The molecule has 1 heterocycles. The number of halogens is 2. The molecule has 0 fully saturated rings. The number of thioether (sulfide) groups is 1. The van der Waals surface area contributed by atoms with Crippen LogP contribution in [0, 0.1) is 0 Å². The van der Waals surface area contributed by atoms with Crippen LogP contribution in [0.1, 0.15) is 18.9 Å². The molecule has 0 bridgehead atoms. The minimum absolute atomic E-state index is 0.0840. The molecule has 1 amide bonds. The summed E-state index contributed by atoms with van der Waals surface area (Å²) in [5.74, 6) is 0.201. The van der Waals surface area contributed by atoms with Crippen molar-refractivity contribution in [3.8, 4) is 0 Å². The Bertz CT molecular complexity index is 666. The molecule has 0 unspecified atom stereocenters. The van der Waals surface area contributed by atoms with Gasteiger partial charge in [-0.3, -0.25) is 4.79 Å². The van der Waals surface area contributed by atoms with Crippen molar-refractivity contribution in [2.24, 2.45) is 0 Å². The smallest absolute Gasteiger partial charge is 0.230 e. The first-order valence-corrected chi connectivity index (χ1v) is 9.55. The summed E-state index contributed by atoms with van der Waals surface area (Å²) in [6.07, 6.45) is 1.03. The molecular formula is C14H16Cl2N4OS2. The number of amides is 1. The van der Waals surface area contributed by atoms with Crippen LogP contribution in [0.25, 0.3) is 0 Å². The van der Waals surface area contributed by atoms with Crippen molar-refractivity contribution in [1.82, 2.24) is 15.5 Å². The van der Waals surface area contributed by atoms with Crippen LogP contribution in [0.4, 0.5) is 5.13 Å². The highest BCUT2D eigenvalue weighted by molar-refractivity contribution is 8.01. The van der Waals surface area contributed by atoms with Gasteiger partial charge in [-0.25, -0.2) is 0 Å². The van der Waals surface area contributed by atoms with Crippen LogP contribution >= 0.6 is 46.3 Å². The summed E-state index contributed by atoms with van der Waals surface area (Å²) in [5, 5.41) is 15.9. The first kappa shape index (κ1) is 18.3. The second-order valence-electron chi connectivity index (χ2n) is 4.60. The Morgan fingerprint density at radius 3 is 2.91 bits per heavy atom. The van der Waals surface area contributed by atoms with Gasteiger partial charge >= 0.3 is 0 Å². The van der Waals surface area contributed by atoms with E-state index in [-0.39, 0.29) is 11.7 Å². The Kier molecular flexibility index (Phi) is 7.42. The third-order valence-electron chi connectivity index (χ3n) is 2.75. The third-order valence-corrected chi connectivity index (χ3v) is 5.35. The second kappa shape index (κ2) is 9.32. The molecule has 0 saturated heterocycles. The molecule has 1 aromatic carbocycles. The number of carbonyl (C=O) groups is 1. The zero-order chi connectivity index (χ0) is 16.7. The molecule has 0 aliphatic heterocycles. The van der Waals surface area contributed by atoms with Crippen LogP contribution in [0.15, 0.2) is 22.5 Å². The summed E-state index contributed by atoms with van der Waals surface area (Å²) in [5.41, 5.74) is 0.830. The molecule has 0 radical (unpaired) electrons. The van der Waals surface area contributed by atoms with Crippen molar-refractivity contribution in [2.45, 2.75) is 24.2 Å². The van der Waals surface area contributed by atoms with E-state index in [1.165, 1.54) is 23.1 Å². The number of nitrogens with zero attached hydrogens (tertiary/aromatic N) is 2. The van der Waals surface area contributed by atoms with Crippen LogP contribution < -0.4 is 10.6 Å². The molecule has 1 aromatic heterocycles. The predicted octanol–water partition coefficient (Wildman–Crippen LogP) is 4.08. The number of nitrogens with one attached hydrogen (secondary N) is 2. The second-order valence-corrected chi connectivity index (χ2v) is 7.64. The monoisotopic (exact) mass is 390 g/mol. The number of hydrogen-bond acceptors (Lipinski definition) is 6. The van der Waals surface area contributed by atoms with Gasteiger partial charge in [0, 0.05) is 23.1 Å². The van der Waals surface area contributed by atoms with Crippen LogP contribution in [-0.4, -0.2) is 28.4 Å². The van der Waals surface area contributed by atoms with Gasteiger partial charge in [0.15, 0.2) is 4.34 Å². The number of rotatable bonds is 8. The summed E-state index contributed by atoms with van der Waals surface area (Å²) in [6.45, 7) is 3.32. The third kappa shape index (κ3) is 6.18. The molecule has 0 aliphatic rings. The van der Waals surface area contributed by atoms with Crippen molar-refractivity contribution in [3.05, 3.63) is 33.8 Å². The lowest BCUT2D eigenvalue weighted by molar-refractivity contribution is -0.118. The number of anilines is 1. The average molecular weight is 391 g/mol. The van der Waals surface area contributed by atoms with Gasteiger partial charge in [0.2, 0.25) is 11.0 Å². The van der Waals surface area contributed by atoms with Gasteiger partial charge in [0.25, 0.3) is 0 Å². The highest BCUT2D eigenvalue weighted by Crippen LogP contribution is 2.25. The Morgan fingerprint density at radius 1 is 1.35 bits per heavy atom. The zero-order valence-corrected chi connectivity index (χ0v) is 15.6. The highest BCUT2D eigenvalue weighted by atomic mass is 35.5. The largest absolute Gasteiger partial charge is 0.360 e. The van der Waals surface area contributed by atoms with Crippen molar-refractivity contribution in [2.75, 3.05) is 17.6 Å². The fourth-order valence-corrected chi connectivity index (χ4v) is 3.69. The normalized spacial score (nSPS) is 10.6. The van der Waals surface area contributed by atoms with E-state index < -0.39 is 0 Å². The minimum atomic E-state index is -0.0840. The lowest BCUT2D eigenvalue weighted by Crippen LogP contribution is -2.24. The van der Waals surface area contributed by atoms with Crippen LogP contribution in [0.5, 0.6) is 0 Å². The number of aromatic nitrogens is 2. The lowest BCUT2D eigenvalue weighted by Gasteiger charge is -2.06. The van der Waals surface area contributed by atoms with E-state index in [9.17, 15) is 4.79 Å². The molecular weight excluding hydrogens is 375 g/mol. The van der Waals surface area contributed by atoms with E-state index in [0.29, 0.717) is 16.6 Å². The Balaban J connectivity index is 1.75. The van der Waals surface area contributed by atoms with Gasteiger partial charge in [-0.1, -0.05) is 59.3 Å². The molecule has 23 heavy (non-hydrogen) atoms. The molecule has 2 aromatic rings. The molecule has 2 rings (SSSR count). The predicted molar refractivity (Wildman–Crippen MR) is 97.7 cm³/mol. The van der Waals surface area contributed by atoms with Gasteiger partial charge < -0.3 is 10.6 Å². The SMILES string of the molecule is CCCNc1nnc(SCC(=O)NCc2ccc(Cl)cc2Cl)s1. The van der Waals surface area contributed by atoms with Gasteiger partial charge in [-0.15, -0.1) is 10.2 Å². The highest BCUT2D eigenvalue weighted by Gasteiger charge is 2.09. The Morgan fingerprint density at radius 2 is 2.17 bits per heavy atom.